The first-order valence-corrected chi connectivity index (χ1v) is 36.3. The van der Waals surface area contributed by atoms with E-state index in [0.717, 1.165) is 0 Å². The molecule has 0 aromatic rings. The van der Waals surface area contributed by atoms with Crippen molar-refractivity contribution in [2.24, 2.45) is 0 Å². The predicted octanol–water partition coefficient (Wildman–Crippen LogP) is 0.114. The van der Waals surface area contributed by atoms with Gasteiger partial charge >= 0.3 is 0 Å². The van der Waals surface area contributed by atoms with Gasteiger partial charge in [-0.05, 0) is 97.0 Å². The fourth-order valence-corrected chi connectivity index (χ4v) is 41.5. The molecule has 0 spiro atoms. The molecule has 52 heavy (non-hydrogen) atoms. The smallest absolute Gasteiger partial charge is 0.257 e. The van der Waals surface area contributed by atoms with Gasteiger partial charge in [0.05, 0.1) is 14.3 Å². The minimum absolute atomic E-state index is 0.604. The van der Waals surface area contributed by atoms with Gasteiger partial charge < -0.3 is 12.3 Å². The second-order valence-electron chi connectivity index (χ2n) is 16.9. The van der Waals surface area contributed by atoms with Crippen LogP contribution in [0.2, 0.25) is 108 Å². The van der Waals surface area contributed by atoms with E-state index < -0.39 is 104 Å². The summed E-state index contributed by atoms with van der Waals surface area (Å²) >= 11 is 0. The van der Waals surface area contributed by atoms with E-state index in [4.69, 9.17) is 89.7 Å². The molecule has 0 aliphatic heterocycles. The van der Waals surface area contributed by atoms with Gasteiger partial charge in [0.2, 0.25) is 0 Å². The van der Waals surface area contributed by atoms with Crippen LogP contribution in [-0.2, 0) is 12.3 Å². The van der Waals surface area contributed by atoms with Crippen molar-refractivity contribution < 1.29 is 12.3 Å². The maximum atomic E-state index is 7.55. The normalized spacial score (nSPS) is 14.5. The molecule has 0 rings (SSSR count). The molecule has 2 unspecified atom stereocenters. The fourth-order valence-electron chi connectivity index (χ4n) is 8.64. The summed E-state index contributed by atoms with van der Waals surface area (Å²) in [6.07, 6.45) is -1.54. The van der Waals surface area contributed by atoms with E-state index in [2.05, 4.69) is 81.9 Å². The molecule has 0 amide bonds. The van der Waals surface area contributed by atoms with Gasteiger partial charge in [-0.1, -0.05) is 29.4 Å². The Hall–Kier alpha value is 1.60. The highest BCUT2D eigenvalue weighted by atomic mass is 28.5. The Labute approximate surface area is 348 Å². The zero-order chi connectivity index (χ0) is 42.1. The van der Waals surface area contributed by atoms with Crippen LogP contribution in [0, 0.1) is 22.9 Å². The van der Waals surface area contributed by atoms with Crippen LogP contribution >= 0.6 is 0 Å². The summed E-state index contributed by atoms with van der Waals surface area (Å²) in [5.41, 5.74) is 6.68. The molecule has 0 N–H and O–H groups in total. The highest BCUT2D eigenvalue weighted by Gasteiger charge is 2.68. The van der Waals surface area contributed by atoms with Crippen LogP contribution in [0.15, 0.2) is 0 Å². The molecule has 0 aliphatic rings. The number of hydrogen-bond acceptors (Lipinski definition) is 3. The third kappa shape index (κ3) is 13.3. The van der Waals surface area contributed by atoms with Gasteiger partial charge in [-0.25, -0.2) is 0 Å². The van der Waals surface area contributed by atoms with Gasteiger partial charge in [0.1, 0.15) is 0 Å². The molecule has 0 aromatic heterocycles. The number of hydrogen-bond donors (Lipinski definition) is 0. The second kappa shape index (κ2) is 21.6. The second-order valence-corrected chi connectivity index (χ2v) is 42.2. The topological polar surface area (TPSA) is 27.7 Å². The summed E-state index contributed by atoms with van der Waals surface area (Å²) < 4.78 is 19.0. The van der Waals surface area contributed by atoms with Crippen LogP contribution in [0.3, 0.4) is 0 Å². The summed E-state index contributed by atoms with van der Waals surface area (Å²) in [6, 6.07) is 0. The Balaban J connectivity index is 0. The molecular formula is C23H51B20O3Si6. The quantitative estimate of drug-likeness (QED) is 0.139. The van der Waals surface area contributed by atoms with E-state index in [1.807, 2.05) is 68.0 Å². The third-order valence-corrected chi connectivity index (χ3v) is 36.0. The molecule has 2 atom stereocenters. The van der Waals surface area contributed by atoms with Crippen molar-refractivity contribution in [3.63, 3.8) is 0 Å². The molecule has 29 heteroatoms. The van der Waals surface area contributed by atoms with Crippen LogP contribution < -0.4 is 0 Å². The molecular weight excluding hydrogens is 709 g/mol. The highest BCUT2D eigenvalue weighted by molar-refractivity contribution is 7.87. The van der Waals surface area contributed by atoms with Crippen LogP contribution in [0.4, 0.5) is 0 Å². The van der Waals surface area contributed by atoms with Crippen molar-refractivity contribution in [2.45, 2.75) is 122 Å². The van der Waals surface area contributed by atoms with Gasteiger partial charge in [-0.3, -0.25) is 0 Å². The summed E-state index contributed by atoms with van der Waals surface area (Å²) in [4.78, 5) is 0. The Kier molecular flexibility index (Phi) is 23.1. The lowest BCUT2D eigenvalue weighted by Gasteiger charge is -2.66. The minimum atomic E-state index is -3.34. The lowest BCUT2D eigenvalue weighted by Crippen LogP contribution is -2.83. The zero-order valence-corrected chi connectivity index (χ0v) is 41.8. The summed E-state index contributed by atoms with van der Waals surface area (Å²) in [7, 11) is 55.6. The van der Waals surface area contributed by atoms with Crippen molar-refractivity contribution in [2.75, 3.05) is 0 Å². The molecule has 3 nitrogen and oxygen atoms in total. The van der Waals surface area contributed by atoms with E-state index in [9.17, 15) is 0 Å². The molecule has 0 bridgehead atoms. The third-order valence-electron chi connectivity index (χ3n) is 9.89. The molecule has 0 saturated heterocycles. The number of rotatable bonds is 19. The summed E-state index contributed by atoms with van der Waals surface area (Å²) in [5.74, 6) is 6.16. The maximum absolute atomic E-state index is 7.55. The molecule has 0 aliphatic carbocycles. The highest BCUT2D eigenvalue weighted by Crippen LogP contribution is 2.55. The predicted molar refractivity (Wildman–Crippen MR) is 273 cm³/mol. The lowest BCUT2D eigenvalue weighted by molar-refractivity contribution is 0.513. The van der Waals surface area contributed by atoms with Gasteiger partial charge in [-0.15, -0.1) is 18.4 Å². The molecule has 0 aromatic carbocycles. The van der Waals surface area contributed by atoms with Crippen LogP contribution in [0.5, 0.6) is 0 Å². The minimum Gasteiger partial charge on any atom is -0.458 e. The van der Waals surface area contributed by atoms with Crippen LogP contribution in [-0.4, -0.2) is 194 Å². The molecule has 0 fully saturated rings. The molecule has 0 heterocycles. The van der Waals surface area contributed by atoms with Crippen molar-refractivity contribution in [1.82, 2.24) is 0 Å². The Bertz CT molecular complexity index is 1230. The van der Waals surface area contributed by atoms with E-state index in [1.54, 1.807) is 0 Å². The van der Waals surface area contributed by atoms with Crippen molar-refractivity contribution in [3.05, 3.63) is 0 Å². The average Bonchev–Trinajstić information content (AvgIpc) is 2.95. The van der Waals surface area contributed by atoms with Crippen LogP contribution in [0.1, 0.15) is 13.8 Å². The molecule has 23 radical (unpaired) electrons. The first-order chi connectivity index (χ1) is 23.2. The zero-order valence-electron chi connectivity index (χ0n) is 35.8. The fraction of sp³-hybridized carbons (Fsp3) is 0.826. The van der Waals surface area contributed by atoms with E-state index in [1.165, 1.54) is 7.06 Å². The summed E-state index contributed by atoms with van der Waals surface area (Å²) in [6.45, 7) is 30.6. The Morgan fingerprint density at radius 2 is 0.942 bits per heavy atom. The summed E-state index contributed by atoms with van der Waals surface area (Å²) in [5, 5.41) is 0. The van der Waals surface area contributed by atoms with Gasteiger partial charge in [-0.2, -0.15) is 0 Å². The van der Waals surface area contributed by atoms with Gasteiger partial charge in [0.15, 0.2) is 33.3 Å². The molecule has 245 valence electrons. The monoisotopic (exact) mass is 763 g/mol. The largest absolute Gasteiger partial charge is 0.458 e. The maximum Gasteiger partial charge on any atom is 0.257 e. The van der Waals surface area contributed by atoms with Crippen molar-refractivity contribution in [1.29, 1.82) is 0 Å². The standard InChI is InChI=1S/C21H45B20O3Si6.C2H6/c1-32-37(27)20(35(23)24,38(28)34-22)48(10,11)44-50(14,15)21(36(25)26,39(40(29)30)41(31)33-2)49(12,13)43-47(8,9)19-17-16-18-46(6,7)42-45(3,4)5;1-2/h1-15H3;1-2H3. The average molecular weight is 760 g/mol. The SMILES string of the molecule is CC.[B][B]B([B])C(B([B])[B])(B([B])[B]C)[Si](C)(C)O[Si](C)(C)C(B([B])[B])(B(B([B])[B])B([B])[B]C)[Si](C)(C)O[Si](C)(C)C#CC#C[Si](C)(C)O[Si](C)(C)C. The lowest BCUT2D eigenvalue weighted by atomic mass is 8.68. The first kappa shape index (κ1) is 55.7. The van der Waals surface area contributed by atoms with Crippen molar-refractivity contribution >= 4 is 194 Å². The van der Waals surface area contributed by atoms with Gasteiger partial charge in [0, 0.05) is 130 Å². The van der Waals surface area contributed by atoms with Gasteiger partial charge in [0.25, 0.3) is 16.6 Å². The first-order valence-electron chi connectivity index (χ1n) is 18.3. The molecule has 0 saturated carbocycles. The van der Waals surface area contributed by atoms with E-state index in [-0.39, 0.29) is 0 Å². The van der Waals surface area contributed by atoms with Crippen LogP contribution in [0.25, 0.3) is 0 Å². The Morgan fingerprint density at radius 1 is 0.538 bits per heavy atom. The van der Waals surface area contributed by atoms with E-state index >= 15 is 0 Å². The van der Waals surface area contributed by atoms with E-state index in [0.29, 0.717) is 0 Å². The van der Waals surface area contributed by atoms with Crippen molar-refractivity contribution in [3.8, 4) is 22.9 Å². The Morgan fingerprint density at radius 3 is 1.25 bits per heavy atom.